The van der Waals surface area contributed by atoms with Crippen LogP contribution in [0.2, 0.25) is 0 Å². The van der Waals surface area contributed by atoms with Crippen LogP contribution in [0.4, 0.5) is 5.13 Å². The Kier molecular flexibility index (Phi) is 6.49. The van der Waals surface area contributed by atoms with E-state index in [1.807, 2.05) is 0 Å². The van der Waals surface area contributed by atoms with Gasteiger partial charge < -0.3 is 4.74 Å². The predicted octanol–water partition coefficient (Wildman–Crippen LogP) is 3.50. The van der Waals surface area contributed by atoms with Gasteiger partial charge in [-0.3, -0.25) is 14.9 Å². The first-order chi connectivity index (χ1) is 14.3. The smallest absolute Gasteiger partial charge is 0.308 e. The van der Waals surface area contributed by atoms with Gasteiger partial charge in [-0.05, 0) is 30.3 Å². The third kappa shape index (κ3) is 4.50. The number of benzene rings is 2. The summed E-state index contributed by atoms with van der Waals surface area (Å²) in [4.78, 5) is 28.4. The second kappa shape index (κ2) is 8.90. The molecule has 0 saturated heterocycles. The molecule has 0 aliphatic carbocycles. The number of fused-ring (bicyclic) bond motifs is 1. The van der Waals surface area contributed by atoms with Gasteiger partial charge in [-0.1, -0.05) is 37.3 Å². The summed E-state index contributed by atoms with van der Waals surface area (Å²) in [5, 5.41) is 2.99. The van der Waals surface area contributed by atoms with E-state index in [-0.39, 0.29) is 16.2 Å². The lowest BCUT2D eigenvalue weighted by Gasteiger charge is -2.18. The SMILES string of the molecule is CCN(CC)S(=O)(=O)c1ccc2nc(NC(=O)c3ccccc3OC(C)=O)sc2c1. The molecule has 0 unspecified atom stereocenters. The highest BCUT2D eigenvalue weighted by Crippen LogP contribution is 2.30. The molecule has 3 rings (SSSR count). The van der Waals surface area contributed by atoms with Crippen LogP contribution in [0.15, 0.2) is 47.4 Å². The van der Waals surface area contributed by atoms with E-state index in [9.17, 15) is 18.0 Å². The highest BCUT2D eigenvalue weighted by molar-refractivity contribution is 7.89. The van der Waals surface area contributed by atoms with Crippen molar-refractivity contribution in [3.05, 3.63) is 48.0 Å². The second-order valence-corrected chi connectivity index (χ2v) is 9.25. The van der Waals surface area contributed by atoms with Crippen molar-refractivity contribution in [1.29, 1.82) is 0 Å². The lowest BCUT2D eigenvalue weighted by atomic mass is 10.2. The van der Waals surface area contributed by atoms with Gasteiger partial charge in [0.2, 0.25) is 10.0 Å². The van der Waals surface area contributed by atoms with Gasteiger partial charge in [0.05, 0.1) is 20.7 Å². The van der Waals surface area contributed by atoms with Crippen LogP contribution in [0.3, 0.4) is 0 Å². The predicted molar refractivity (Wildman–Crippen MR) is 115 cm³/mol. The Morgan fingerprint density at radius 2 is 1.83 bits per heavy atom. The van der Waals surface area contributed by atoms with Crippen molar-refractivity contribution in [1.82, 2.24) is 9.29 Å². The van der Waals surface area contributed by atoms with E-state index in [0.29, 0.717) is 28.4 Å². The Balaban J connectivity index is 1.89. The maximum atomic E-state index is 12.7. The summed E-state index contributed by atoms with van der Waals surface area (Å²) in [7, 11) is -3.59. The van der Waals surface area contributed by atoms with Crippen molar-refractivity contribution in [3.8, 4) is 5.75 Å². The first-order valence-corrected chi connectivity index (χ1v) is 11.5. The summed E-state index contributed by atoms with van der Waals surface area (Å²) in [5.41, 5.74) is 0.763. The van der Waals surface area contributed by atoms with Gasteiger partial charge >= 0.3 is 5.97 Å². The summed E-state index contributed by atoms with van der Waals surface area (Å²) in [5.74, 6) is -0.865. The fourth-order valence-corrected chi connectivity index (χ4v) is 5.35. The molecule has 0 radical (unpaired) electrons. The van der Waals surface area contributed by atoms with Crippen LogP contribution >= 0.6 is 11.3 Å². The minimum atomic E-state index is -3.59. The first-order valence-electron chi connectivity index (χ1n) is 9.25. The molecule has 0 aliphatic rings. The molecule has 2 aromatic carbocycles. The molecule has 0 bridgehead atoms. The van der Waals surface area contributed by atoms with E-state index in [1.54, 1.807) is 38.1 Å². The van der Waals surface area contributed by atoms with E-state index in [1.165, 1.54) is 29.4 Å². The molecule has 0 saturated carbocycles. The number of rotatable bonds is 7. The summed E-state index contributed by atoms with van der Waals surface area (Å²) < 4.78 is 32.5. The van der Waals surface area contributed by atoms with E-state index in [4.69, 9.17) is 4.74 Å². The fourth-order valence-electron chi connectivity index (χ4n) is 2.89. The maximum absolute atomic E-state index is 12.7. The van der Waals surface area contributed by atoms with Crippen LogP contribution in [0.5, 0.6) is 5.75 Å². The summed E-state index contributed by atoms with van der Waals surface area (Å²) >= 11 is 1.16. The number of hydrogen-bond acceptors (Lipinski definition) is 7. The van der Waals surface area contributed by atoms with Crippen molar-refractivity contribution in [2.75, 3.05) is 18.4 Å². The molecule has 10 heteroatoms. The summed E-state index contributed by atoms with van der Waals surface area (Å²) in [6.07, 6.45) is 0. The highest BCUT2D eigenvalue weighted by Gasteiger charge is 2.22. The van der Waals surface area contributed by atoms with Gasteiger partial charge in [0.15, 0.2) is 5.13 Å². The Hall–Kier alpha value is -2.82. The number of nitrogens with one attached hydrogen (secondary N) is 1. The maximum Gasteiger partial charge on any atom is 0.308 e. The number of sulfonamides is 1. The third-order valence-corrected chi connectivity index (χ3v) is 7.29. The minimum absolute atomic E-state index is 0.149. The molecular formula is C20H21N3O5S2. The van der Waals surface area contributed by atoms with Crippen LogP contribution in [-0.4, -0.2) is 42.7 Å². The van der Waals surface area contributed by atoms with Crippen molar-refractivity contribution in [2.24, 2.45) is 0 Å². The Labute approximate surface area is 178 Å². The zero-order chi connectivity index (χ0) is 21.9. The first kappa shape index (κ1) is 21.9. The van der Waals surface area contributed by atoms with Crippen molar-refractivity contribution >= 4 is 48.6 Å². The number of nitrogens with zero attached hydrogens (tertiary/aromatic N) is 2. The Morgan fingerprint density at radius 3 is 2.50 bits per heavy atom. The molecular weight excluding hydrogens is 426 g/mol. The number of amides is 1. The van der Waals surface area contributed by atoms with Gasteiger partial charge in [0.1, 0.15) is 5.75 Å². The largest absolute Gasteiger partial charge is 0.426 e. The number of para-hydroxylation sites is 1. The van der Waals surface area contributed by atoms with Crippen LogP contribution in [0.1, 0.15) is 31.1 Å². The molecule has 0 aliphatic heterocycles. The van der Waals surface area contributed by atoms with E-state index in [2.05, 4.69) is 10.3 Å². The van der Waals surface area contributed by atoms with Gasteiger partial charge in [-0.25, -0.2) is 13.4 Å². The average molecular weight is 448 g/mol. The van der Waals surface area contributed by atoms with Gasteiger partial charge in [0.25, 0.3) is 5.91 Å². The van der Waals surface area contributed by atoms with Crippen LogP contribution in [0.25, 0.3) is 10.2 Å². The van der Waals surface area contributed by atoms with E-state index in [0.717, 1.165) is 11.3 Å². The number of thiazole rings is 1. The number of carbonyl (C=O) groups excluding carboxylic acids is 2. The average Bonchev–Trinajstić information content (AvgIpc) is 3.10. The number of esters is 1. The van der Waals surface area contributed by atoms with Crippen molar-refractivity contribution in [2.45, 2.75) is 25.7 Å². The van der Waals surface area contributed by atoms with E-state index >= 15 is 0 Å². The number of anilines is 1. The lowest BCUT2D eigenvalue weighted by Crippen LogP contribution is -2.30. The molecule has 1 amide bonds. The van der Waals surface area contributed by atoms with Crippen LogP contribution in [-0.2, 0) is 14.8 Å². The zero-order valence-corrected chi connectivity index (χ0v) is 18.3. The number of aromatic nitrogens is 1. The molecule has 1 aromatic heterocycles. The Bertz CT molecular complexity index is 1200. The molecule has 1 N–H and O–H groups in total. The monoisotopic (exact) mass is 447 g/mol. The molecule has 3 aromatic rings. The molecule has 0 fully saturated rings. The fraction of sp³-hybridized carbons (Fsp3) is 0.250. The second-order valence-electron chi connectivity index (χ2n) is 6.28. The van der Waals surface area contributed by atoms with E-state index < -0.39 is 21.9 Å². The summed E-state index contributed by atoms with van der Waals surface area (Å²) in [6.45, 7) is 5.58. The number of ether oxygens (including phenoxy) is 1. The third-order valence-electron chi connectivity index (χ3n) is 4.31. The molecule has 8 nitrogen and oxygen atoms in total. The highest BCUT2D eigenvalue weighted by atomic mass is 32.2. The summed E-state index contributed by atoms with van der Waals surface area (Å²) in [6, 6.07) is 11.1. The standard InChI is InChI=1S/C20H21N3O5S2/c1-4-23(5-2)30(26,27)14-10-11-16-18(12-14)29-20(21-16)22-19(25)15-8-6-7-9-17(15)28-13(3)24/h6-12H,4-5H2,1-3H3,(H,21,22,25). The minimum Gasteiger partial charge on any atom is -0.426 e. The molecule has 30 heavy (non-hydrogen) atoms. The topological polar surface area (TPSA) is 106 Å². The molecule has 0 spiro atoms. The number of hydrogen-bond donors (Lipinski definition) is 1. The van der Waals surface area contributed by atoms with Crippen molar-refractivity contribution < 1.29 is 22.7 Å². The van der Waals surface area contributed by atoms with Gasteiger partial charge in [0, 0.05) is 20.0 Å². The molecule has 1 heterocycles. The zero-order valence-electron chi connectivity index (χ0n) is 16.7. The van der Waals surface area contributed by atoms with Gasteiger partial charge in [-0.15, -0.1) is 0 Å². The quantitative estimate of drug-likeness (QED) is 0.439. The van der Waals surface area contributed by atoms with Crippen LogP contribution < -0.4 is 10.1 Å². The lowest BCUT2D eigenvalue weighted by molar-refractivity contribution is -0.131. The Morgan fingerprint density at radius 1 is 1.13 bits per heavy atom. The molecule has 158 valence electrons. The number of carbonyl (C=O) groups is 2. The van der Waals surface area contributed by atoms with Crippen molar-refractivity contribution in [3.63, 3.8) is 0 Å². The molecule has 0 atom stereocenters. The van der Waals surface area contributed by atoms with Crippen LogP contribution in [0, 0.1) is 0 Å². The van der Waals surface area contributed by atoms with Gasteiger partial charge in [-0.2, -0.15) is 4.31 Å². The normalized spacial score (nSPS) is 11.6.